The number of benzene rings is 2. The Morgan fingerprint density at radius 3 is 2.83 bits per heavy atom. The zero-order valence-corrected chi connectivity index (χ0v) is 14.4. The number of hydrogen-bond acceptors (Lipinski definition) is 4. The van der Waals surface area contributed by atoms with Crippen molar-refractivity contribution in [1.29, 1.82) is 0 Å². The Morgan fingerprint density at radius 2 is 2.13 bits per heavy atom. The fourth-order valence-corrected chi connectivity index (χ4v) is 2.45. The van der Waals surface area contributed by atoms with Crippen LogP contribution in [-0.2, 0) is 0 Å². The summed E-state index contributed by atoms with van der Waals surface area (Å²) in [5, 5.41) is 13.8. The van der Waals surface area contributed by atoms with Gasteiger partial charge in [-0.2, -0.15) is 5.10 Å². The van der Waals surface area contributed by atoms with Crippen LogP contribution in [0.3, 0.4) is 0 Å². The number of nitrogens with one attached hydrogen (secondary N) is 1. The average Bonchev–Trinajstić information content (AvgIpc) is 2.52. The van der Waals surface area contributed by atoms with Gasteiger partial charge in [-0.15, -0.1) is 0 Å². The molecule has 2 N–H and O–H groups in total. The molecule has 6 heteroatoms. The summed E-state index contributed by atoms with van der Waals surface area (Å²) in [6.45, 7) is 4.13. The maximum absolute atomic E-state index is 12.0. The van der Waals surface area contributed by atoms with Crippen LogP contribution in [0.5, 0.6) is 11.5 Å². The summed E-state index contributed by atoms with van der Waals surface area (Å²) < 4.78 is 5.84. The highest BCUT2D eigenvalue weighted by Crippen LogP contribution is 2.34. The van der Waals surface area contributed by atoms with Gasteiger partial charge in [0.2, 0.25) is 0 Å². The zero-order chi connectivity index (χ0) is 16.8. The molecule has 0 fully saturated rings. The first kappa shape index (κ1) is 17.0. The molecular formula is C17H17BrN2O3. The van der Waals surface area contributed by atoms with Gasteiger partial charge in [0.05, 0.1) is 17.3 Å². The van der Waals surface area contributed by atoms with E-state index in [4.69, 9.17) is 4.74 Å². The number of hydrogen-bond donors (Lipinski definition) is 2. The number of phenolic OH excluding ortho intramolecular Hbond substituents is 1. The van der Waals surface area contributed by atoms with Crippen molar-refractivity contribution < 1.29 is 14.6 Å². The summed E-state index contributed by atoms with van der Waals surface area (Å²) in [5.41, 5.74) is 4.63. The molecule has 0 aliphatic rings. The Kier molecular flexibility index (Phi) is 5.76. The van der Waals surface area contributed by atoms with E-state index in [1.165, 1.54) is 6.21 Å². The Hall–Kier alpha value is -2.34. The molecule has 0 aromatic heterocycles. The topological polar surface area (TPSA) is 70.9 Å². The molecule has 0 aliphatic heterocycles. The third-order valence-electron chi connectivity index (χ3n) is 3.12. The molecule has 0 saturated heterocycles. The number of aryl methyl sites for hydroxylation is 1. The number of aromatic hydroxyl groups is 1. The van der Waals surface area contributed by atoms with Crippen molar-refractivity contribution in [2.45, 2.75) is 13.8 Å². The average molecular weight is 377 g/mol. The van der Waals surface area contributed by atoms with E-state index in [0.717, 1.165) is 5.56 Å². The fraction of sp³-hybridized carbons (Fsp3) is 0.176. The molecule has 2 rings (SSSR count). The number of amides is 1. The monoisotopic (exact) mass is 376 g/mol. The lowest BCUT2D eigenvalue weighted by Gasteiger charge is -2.08. The Labute approximate surface area is 143 Å². The molecule has 23 heavy (non-hydrogen) atoms. The van der Waals surface area contributed by atoms with Gasteiger partial charge in [-0.05, 0) is 59.1 Å². The third-order valence-corrected chi connectivity index (χ3v) is 3.72. The molecule has 0 unspecified atom stereocenters. The van der Waals surface area contributed by atoms with Gasteiger partial charge in [-0.1, -0.05) is 18.2 Å². The van der Waals surface area contributed by atoms with E-state index in [9.17, 15) is 9.90 Å². The number of rotatable bonds is 5. The SMILES string of the molecule is CCOc1cc(/C=N\NC(=O)c2ccccc2C)cc(Br)c1O. The number of carbonyl (C=O) groups excluding carboxylic acids is 1. The van der Waals surface area contributed by atoms with Crippen molar-refractivity contribution in [3.8, 4) is 11.5 Å². The molecule has 0 spiro atoms. The minimum Gasteiger partial charge on any atom is -0.503 e. The maximum Gasteiger partial charge on any atom is 0.271 e. The molecule has 0 radical (unpaired) electrons. The van der Waals surface area contributed by atoms with Gasteiger partial charge >= 0.3 is 0 Å². The quantitative estimate of drug-likeness (QED) is 0.618. The predicted molar refractivity (Wildman–Crippen MR) is 93.2 cm³/mol. The standard InChI is InChI=1S/C17H17BrN2O3/c1-3-23-15-9-12(8-14(18)16(15)21)10-19-20-17(22)13-7-5-4-6-11(13)2/h4-10,21H,3H2,1-2H3,(H,20,22)/b19-10-. The summed E-state index contributed by atoms with van der Waals surface area (Å²) in [6, 6.07) is 10.6. The lowest BCUT2D eigenvalue weighted by atomic mass is 10.1. The number of hydrazone groups is 1. The van der Waals surface area contributed by atoms with Crippen LogP contribution in [0.2, 0.25) is 0 Å². The first-order chi connectivity index (χ1) is 11.0. The largest absolute Gasteiger partial charge is 0.503 e. The molecule has 5 nitrogen and oxygen atoms in total. The van der Waals surface area contributed by atoms with E-state index in [1.54, 1.807) is 24.3 Å². The van der Waals surface area contributed by atoms with E-state index < -0.39 is 0 Å². The second-order valence-electron chi connectivity index (χ2n) is 4.80. The summed E-state index contributed by atoms with van der Waals surface area (Å²) in [4.78, 5) is 12.0. The number of carbonyl (C=O) groups is 1. The third kappa shape index (κ3) is 4.32. The smallest absolute Gasteiger partial charge is 0.271 e. The van der Waals surface area contributed by atoms with E-state index in [1.807, 2.05) is 26.0 Å². The maximum atomic E-state index is 12.0. The predicted octanol–water partition coefficient (Wildman–Crippen LogP) is 3.63. The van der Waals surface area contributed by atoms with Gasteiger partial charge in [0, 0.05) is 5.56 Å². The molecule has 0 saturated carbocycles. The molecule has 0 heterocycles. The van der Waals surface area contributed by atoms with E-state index >= 15 is 0 Å². The highest BCUT2D eigenvalue weighted by molar-refractivity contribution is 9.10. The van der Waals surface area contributed by atoms with Crippen molar-refractivity contribution in [1.82, 2.24) is 5.43 Å². The van der Waals surface area contributed by atoms with Gasteiger partial charge in [-0.25, -0.2) is 5.43 Å². The van der Waals surface area contributed by atoms with Crippen molar-refractivity contribution in [3.05, 3.63) is 57.6 Å². The van der Waals surface area contributed by atoms with E-state index in [0.29, 0.717) is 28.0 Å². The summed E-state index contributed by atoms with van der Waals surface area (Å²) in [7, 11) is 0. The van der Waals surface area contributed by atoms with Crippen LogP contribution in [0.1, 0.15) is 28.4 Å². The minimum atomic E-state index is -0.276. The molecule has 2 aromatic carbocycles. The highest BCUT2D eigenvalue weighted by atomic mass is 79.9. The Bertz CT molecular complexity index is 745. The van der Waals surface area contributed by atoms with Crippen LogP contribution in [0.4, 0.5) is 0 Å². The molecule has 0 aliphatic carbocycles. The first-order valence-electron chi connectivity index (χ1n) is 7.07. The van der Waals surface area contributed by atoms with Gasteiger partial charge in [0.15, 0.2) is 11.5 Å². The molecule has 120 valence electrons. The zero-order valence-electron chi connectivity index (χ0n) is 12.8. The summed E-state index contributed by atoms with van der Waals surface area (Å²) >= 11 is 3.25. The fourth-order valence-electron chi connectivity index (χ4n) is 1.99. The normalized spacial score (nSPS) is 10.7. The van der Waals surface area contributed by atoms with Gasteiger partial charge in [0.25, 0.3) is 5.91 Å². The number of ether oxygens (including phenoxy) is 1. The second-order valence-corrected chi connectivity index (χ2v) is 5.65. The molecule has 0 bridgehead atoms. The number of nitrogens with zero attached hydrogens (tertiary/aromatic N) is 1. The van der Waals surface area contributed by atoms with Crippen molar-refractivity contribution in [3.63, 3.8) is 0 Å². The first-order valence-corrected chi connectivity index (χ1v) is 7.86. The van der Waals surface area contributed by atoms with E-state index in [-0.39, 0.29) is 11.7 Å². The van der Waals surface area contributed by atoms with Gasteiger partial charge in [0.1, 0.15) is 0 Å². The van der Waals surface area contributed by atoms with Crippen LogP contribution in [0.25, 0.3) is 0 Å². The molecule has 0 atom stereocenters. The molecular weight excluding hydrogens is 360 g/mol. The van der Waals surface area contributed by atoms with Crippen molar-refractivity contribution in [2.75, 3.05) is 6.61 Å². The molecule has 1 amide bonds. The number of phenols is 1. The Morgan fingerprint density at radius 1 is 1.39 bits per heavy atom. The number of halogens is 1. The van der Waals surface area contributed by atoms with Crippen LogP contribution >= 0.6 is 15.9 Å². The van der Waals surface area contributed by atoms with Crippen LogP contribution in [0.15, 0.2) is 46.0 Å². The second kappa shape index (κ2) is 7.78. The van der Waals surface area contributed by atoms with Gasteiger partial charge in [-0.3, -0.25) is 4.79 Å². The lowest BCUT2D eigenvalue weighted by Crippen LogP contribution is -2.18. The van der Waals surface area contributed by atoms with Crippen LogP contribution in [-0.4, -0.2) is 23.8 Å². The summed E-state index contributed by atoms with van der Waals surface area (Å²) in [6.07, 6.45) is 1.49. The van der Waals surface area contributed by atoms with Crippen molar-refractivity contribution in [2.24, 2.45) is 5.10 Å². The van der Waals surface area contributed by atoms with Crippen LogP contribution < -0.4 is 10.2 Å². The van der Waals surface area contributed by atoms with Crippen LogP contribution in [0, 0.1) is 6.92 Å². The minimum absolute atomic E-state index is 0.0351. The van der Waals surface area contributed by atoms with Crippen molar-refractivity contribution >= 4 is 28.1 Å². The summed E-state index contributed by atoms with van der Waals surface area (Å²) in [5.74, 6) is 0.115. The van der Waals surface area contributed by atoms with Gasteiger partial charge < -0.3 is 9.84 Å². The highest BCUT2D eigenvalue weighted by Gasteiger charge is 2.09. The van der Waals surface area contributed by atoms with E-state index in [2.05, 4.69) is 26.5 Å². The lowest BCUT2D eigenvalue weighted by molar-refractivity contribution is 0.0954. The molecule has 2 aromatic rings. The Balaban J connectivity index is 2.12.